The molecule has 1 aromatic rings. The summed E-state index contributed by atoms with van der Waals surface area (Å²) in [4.78, 5) is 28.5. The molecule has 1 aliphatic heterocycles. The molecule has 1 saturated heterocycles. The van der Waals surface area contributed by atoms with E-state index in [2.05, 4.69) is 20.5 Å². The van der Waals surface area contributed by atoms with Crippen molar-refractivity contribution in [2.45, 2.75) is 20.0 Å². The lowest BCUT2D eigenvalue weighted by Gasteiger charge is -2.31. The molecule has 104 valence electrons. The van der Waals surface area contributed by atoms with Crippen molar-refractivity contribution in [2.75, 3.05) is 26.2 Å². The highest BCUT2D eigenvalue weighted by Gasteiger charge is 2.27. The topological polar surface area (TPSA) is 100 Å². The molecule has 19 heavy (non-hydrogen) atoms. The van der Waals surface area contributed by atoms with Gasteiger partial charge in [-0.1, -0.05) is 0 Å². The monoisotopic (exact) mass is 267 g/mol. The lowest BCUT2D eigenvalue weighted by Crippen LogP contribution is -2.46. The molecule has 2 heterocycles. The lowest BCUT2D eigenvalue weighted by molar-refractivity contribution is -0.139. The Morgan fingerprint density at radius 3 is 3.00 bits per heavy atom. The number of nitrogens with zero attached hydrogens (tertiary/aromatic N) is 3. The normalized spacial score (nSPS) is 19.3. The van der Waals surface area contributed by atoms with Crippen LogP contribution in [0.2, 0.25) is 0 Å². The smallest absolute Gasteiger partial charge is 0.242 e. The summed E-state index contributed by atoms with van der Waals surface area (Å²) in [6.07, 6.45) is -0.319. The molecule has 0 saturated carbocycles. The molecule has 0 aliphatic carbocycles. The van der Waals surface area contributed by atoms with Gasteiger partial charge in [0.25, 0.3) is 0 Å². The number of carbonyl (C=O) groups excluding carboxylic acids is 2. The van der Waals surface area contributed by atoms with Crippen LogP contribution in [0.15, 0.2) is 0 Å². The van der Waals surface area contributed by atoms with Crippen LogP contribution in [0.1, 0.15) is 24.7 Å². The molecule has 0 bridgehead atoms. The Labute approximate surface area is 110 Å². The van der Waals surface area contributed by atoms with Crippen molar-refractivity contribution in [3.8, 4) is 0 Å². The van der Waals surface area contributed by atoms with E-state index in [1.807, 2.05) is 0 Å². The summed E-state index contributed by atoms with van der Waals surface area (Å²) in [5.74, 6) is 0.910. The molecule has 0 unspecified atom stereocenters. The fraction of sp³-hybridized carbons (Fsp3) is 0.636. The predicted octanol–water partition coefficient (Wildman–Crippen LogP) is -0.851. The number of morpholine rings is 1. The van der Waals surface area contributed by atoms with Crippen molar-refractivity contribution >= 4 is 11.8 Å². The molecule has 0 aromatic carbocycles. The minimum absolute atomic E-state index is 0.00900. The van der Waals surface area contributed by atoms with Gasteiger partial charge in [0, 0.05) is 13.5 Å². The third kappa shape index (κ3) is 3.50. The summed E-state index contributed by atoms with van der Waals surface area (Å²) in [5.41, 5.74) is 0. The highest BCUT2D eigenvalue weighted by atomic mass is 16.5. The van der Waals surface area contributed by atoms with E-state index >= 15 is 0 Å². The first-order valence-corrected chi connectivity index (χ1v) is 6.09. The first-order valence-electron chi connectivity index (χ1n) is 6.09. The molecule has 1 aromatic heterocycles. The van der Waals surface area contributed by atoms with Gasteiger partial charge in [-0.15, -0.1) is 0 Å². The van der Waals surface area contributed by atoms with Crippen molar-refractivity contribution in [1.29, 1.82) is 0 Å². The van der Waals surface area contributed by atoms with Gasteiger partial charge in [-0.2, -0.15) is 5.10 Å². The number of aryl methyl sites for hydroxylation is 1. The van der Waals surface area contributed by atoms with E-state index in [9.17, 15) is 9.59 Å². The molecule has 2 amide bonds. The van der Waals surface area contributed by atoms with Crippen LogP contribution < -0.4 is 5.32 Å². The maximum Gasteiger partial charge on any atom is 0.242 e. The van der Waals surface area contributed by atoms with Crippen LogP contribution in [0, 0.1) is 6.92 Å². The molecule has 0 radical (unpaired) electrons. The quantitative estimate of drug-likeness (QED) is 0.743. The van der Waals surface area contributed by atoms with Crippen LogP contribution in [0.4, 0.5) is 0 Å². The molecule has 1 fully saturated rings. The second-order valence-corrected chi connectivity index (χ2v) is 4.39. The van der Waals surface area contributed by atoms with Crippen molar-refractivity contribution in [1.82, 2.24) is 25.4 Å². The Hall–Kier alpha value is -1.96. The summed E-state index contributed by atoms with van der Waals surface area (Å²) in [5, 5.41) is 9.28. The maximum atomic E-state index is 11.9. The minimum atomic E-state index is -0.319. The zero-order valence-electron chi connectivity index (χ0n) is 11.0. The first kappa shape index (κ1) is 13.5. The summed E-state index contributed by atoms with van der Waals surface area (Å²) in [7, 11) is 0. The third-order valence-electron chi connectivity index (χ3n) is 2.81. The van der Waals surface area contributed by atoms with Crippen molar-refractivity contribution < 1.29 is 14.3 Å². The average Bonchev–Trinajstić information content (AvgIpc) is 2.83. The zero-order valence-corrected chi connectivity index (χ0v) is 11.0. The number of aromatic amines is 1. The van der Waals surface area contributed by atoms with Crippen LogP contribution in [0.3, 0.4) is 0 Å². The van der Waals surface area contributed by atoms with Gasteiger partial charge in [0.05, 0.1) is 19.7 Å². The highest BCUT2D eigenvalue weighted by Crippen LogP contribution is 2.18. The van der Waals surface area contributed by atoms with Gasteiger partial charge < -0.3 is 15.0 Å². The Morgan fingerprint density at radius 2 is 2.37 bits per heavy atom. The van der Waals surface area contributed by atoms with E-state index in [1.54, 1.807) is 11.8 Å². The Balaban J connectivity index is 1.93. The summed E-state index contributed by atoms with van der Waals surface area (Å²) in [6, 6.07) is 0. The molecule has 1 aliphatic rings. The number of hydrogen-bond donors (Lipinski definition) is 2. The van der Waals surface area contributed by atoms with E-state index in [1.165, 1.54) is 6.92 Å². The summed E-state index contributed by atoms with van der Waals surface area (Å²) in [6.45, 7) is 4.54. The fourth-order valence-corrected chi connectivity index (χ4v) is 1.85. The number of rotatable bonds is 3. The number of aromatic nitrogens is 3. The summed E-state index contributed by atoms with van der Waals surface area (Å²) >= 11 is 0. The van der Waals surface area contributed by atoms with Crippen molar-refractivity contribution in [2.24, 2.45) is 0 Å². The highest BCUT2D eigenvalue weighted by molar-refractivity contribution is 5.83. The second kappa shape index (κ2) is 5.79. The molecule has 1 atom stereocenters. The van der Waals surface area contributed by atoms with E-state index in [-0.39, 0.29) is 24.5 Å². The molecule has 8 nitrogen and oxygen atoms in total. The lowest BCUT2D eigenvalue weighted by atomic mass is 10.2. The zero-order chi connectivity index (χ0) is 13.8. The number of carbonyl (C=O) groups is 2. The molecular weight excluding hydrogens is 250 g/mol. The molecule has 8 heteroatoms. The summed E-state index contributed by atoms with van der Waals surface area (Å²) < 4.78 is 5.56. The van der Waals surface area contributed by atoms with Crippen LogP contribution in [0.25, 0.3) is 0 Å². The van der Waals surface area contributed by atoms with Crippen LogP contribution >= 0.6 is 0 Å². The number of hydrogen-bond acceptors (Lipinski definition) is 5. The Bertz CT molecular complexity index is 473. The van der Waals surface area contributed by atoms with Gasteiger partial charge in [-0.25, -0.2) is 4.98 Å². The molecule has 0 spiro atoms. The first-order chi connectivity index (χ1) is 9.06. The molecule has 2 rings (SSSR count). The van der Waals surface area contributed by atoms with Gasteiger partial charge in [-0.3, -0.25) is 14.7 Å². The van der Waals surface area contributed by atoms with Crippen molar-refractivity contribution in [3.63, 3.8) is 0 Å². The van der Waals surface area contributed by atoms with Crippen LogP contribution in [-0.2, 0) is 14.3 Å². The fourth-order valence-electron chi connectivity index (χ4n) is 1.85. The second-order valence-electron chi connectivity index (χ2n) is 4.39. The number of ether oxygens (including phenoxy) is 1. The van der Waals surface area contributed by atoms with Gasteiger partial charge >= 0.3 is 0 Å². The Morgan fingerprint density at radius 1 is 1.58 bits per heavy atom. The van der Waals surface area contributed by atoms with Crippen molar-refractivity contribution in [3.05, 3.63) is 11.6 Å². The van der Waals surface area contributed by atoms with Gasteiger partial charge in [0.2, 0.25) is 11.8 Å². The van der Waals surface area contributed by atoms with Crippen LogP contribution in [-0.4, -0.2) is 58.1 Å². The van der Waals surface area contributed by atoms with E-state index in [0.717, 1.165) is 0 Å². The van der Waals surface area contributed by atoms with E-state index in [0.29, 0.717) is 31.3 Å². The maximum absolute atomic E-state index is 11.9. The van der Waals surface area contributed by atoms with E-state index < -0.39 is 0 Å². The predicted molar refractivity (Wildman–Crippen MR) is 65.1 cm³/mol. The SMILES string of the molecule is CC(=O)NCC(=O)N1CCO[C@H](c2n[nH]c(C)n2)C1. The molecular formula is C11H17N5O3. The van der Waals surface area contributed by atoms with Gasteiger partial charge in [-0.05, 0) is 6.92 Å². The molecule has 2 N–H and O–H groups in total. The van der Waals surface area contributed by atoms with Gasteiger partial charge in [0.15, 0.2) is 5.82 Å². The van der Waals surface area contributed by atoms with E-state index in [4.69, 9.17) is 4.74 Å². The average molecular weight is 267 g/mol. The standard InChI is InChI=1S/C11H17N5O3/c1-7-13-11(15-14-7)9-6-16(3-4-19-9)10(18)5-12-8(2)17/h9H,3-6H2,1-2H3,(H,12,17)(H,13,14,15)/t9-/m0/s1. The number of amides is 2. The van der Waals surface area contributed by atoms with Gasteiger partial charge in [0.1, 0.15) is 11.9 Å². The minimum Gasteiger partial charge on any atom is -0.366 e. The third-order valence-corrected chi connectivity index (χ3v) is 2.81. The number of H-pyrrole nitrogens is 1. The largest absolute Gasteiger partial charge is 0.366 e. The number of nitrogens with one attached hydrogen (secondary N) is 2. The Kier molecular flexibility index (Phi) is 4.10. The van der Waals surface area contributed by atoms with Crippen LogP contribution in [0.5, 0.6) is 0 Å².